The van der Waals surface area contributed by atoms with E-state index in [2.05, 4.69) is 5.32 Å². The molecule has 0 spiro atoms. The Balaban J connectivity index is 1.76. The molecule has 0 radical (unpaired) electrons. The second-order valence-corrected chi connectivity index (χ2v) is 5.63. The molecule has 3 N–H and O–H groups in total. The number of hydrogen-bond acceptors (Lipinski definition) is 5. The normalized spacial score (nSPS) is 10.2. The molecule has 132 valence electrons. The minimum absolute atomic E-state index is 0.240. The zero-order chi connectivity index (χ0) is 18.2. The van der Waals surface area contributed by atoms with Crippen LogP contribution in [0.25, 0.3) is 0 Å². The van der Waals surface area contributed by atoms with Crippen molar-refractivity contribution in [1.82, 2.24) is 5.32 Å². The first-order valence-corrected chi connectivity index (χ1v) is 8.00. The van der Waals surface area contributed by atoms with Gasteiger partial charge in [0.15, 0.2) is 6.61 Å². The molecule has 0 aliphatic rings. The van der Waals surface area contributed by atoms with E-state index in [0.29, 0.717) is 18.0 Å². The van der Waals surface area contributed by atoms with Gasteiger partial charge in [-0.15, -0.1) is 0 Å². The topological polar surface area (TPSA) is 90.6 Å². The number of halogens is 1. The summed E-state index contributed by atoms with van der Waals surface area (Å²) >= 11 is 5.79. The van der Waals surface area contributed by atoms with Gasteiger partial charge < -0.3 is 20.5 Å². The second kappa shape index (κ2) is 8.94. The summed E-state index contributed by atoms with van der Waals surface area (Å²) in [6.07, 6.45) is 0.609. The Kier molecular flexibility index (Phi) is 6.65. The van der Waals surface area contributed by atoms with Crippen molar-refractivity contribution in [1.29, 1.82) is 0 Å². The van der Waals surface area contributed by atoms with Gasteiger partial charge in [0.25, 0.3) is 5.91 Å². The number of amides is 1. The SMILES string of the molecule is COc1ccccc1CCNC(=O)COC(=O)c1ccc(Cl)c(N)c1. The third kappa shape index (κ3) is 5.39. The number of nitrogens with two attached hydrogens (primary N) is 1. The summed E-state index contributed by atoms with van der Waals surface area (Å²) in [5, 5.41) is 3.04. The first-order valence-electron chi connectivity index (χ1n) is 7.62. The van der Waals surface area contributed by atoms with E-state index in [1.807, 2.05) is 24.3 Å². The van der Waals surface area contributed by atoms with E-state index in [-0.39, 0.29) is 23.8 Å². The number of carbonyl (C=O) groups is 2. The van der Waals surface area contributed by atoms with Gasteiger partial charge in [-0.1, -0.05) is 29.8 Å². The number of esters is 1. The molecule has 0 aliphatic heterocycles. The highest BCUT2D eigenvalue weighted by molar-refractivity contribution is 6.33. The number of anilines is 1. The van der Waals surface area contributed by atoms with Crippen molar-refractivity contribution in [2.75, 3.05) is 26.0 Å². The molecule has 0 unspecified atom stereocenters. The van der Waals surface area contributed by atoms with Gasteiger partial charge in [0, 0.05) is 6.54 Å². The summed E-state index contributed by atoms with van der Waals surface area (Å²) in [4.78, 5) is 23.7. The molecule has 0 aromatic heterocycles. The number of hydrogen-bond donors (Lipinski definition) is 2. The number of methoxy groups -OCH3 is 1. The van der Waals surface area contributed by atoms with Gasteiger partial charge >= 0.3 is 5.97 Å². The van der Waals surface area contributed by atoms with E-state index in [9.17, 15) is 9.59 Å². The van der Waals surface area contributed by atoms with Crippen LogP contribution < -0.4 is 15.8 Å². The molecule has 25 heavy (non-hydrogen) atoms. The van der Waals surface area contributed by atoms with Crippen LogP contribution in [0.1, 0.15) is 15.9 Å². The molecule has 0 atom stereocenters. The van der Waals surface area contributed by atoms with Crippen molar-refractivity contribution >= 4 is 29.2 Å². The van der Waals surface area contributed by atoms with E-state index in [1.165, 1.54) is 18.2 Å². The summed E-state index contributed by atoms with van der Waals surface area (Å²) in [6.45, 7) is 0.0396. The van der Waals surface area contributed by atoms with Gasteiger partial charge in [-0.25, -0.2) is 4.79 Å². The summed E-state index contributed by atoms with van der Waals surface area (Å²) in [5.41, 5.74) is 7.13. The van der Waals surface area contributed by atoms with E-state index < -0.39 is 5.97 Å². The molecule has 6 nitrogen and oxygen atoms in total. The number of benzene rings is 2. The molecule has 0 saturated heterocycles. The molecular weight excluding hydrogens is 344 g/mol. The zero-order valence-corrected chi connectivity index (χ0v) is 14.5. The van der Waals surface area contributed by atoms with Crippen LogP contribution in [0.15, 0.2) is 42.5 Å². The van der Waals surface area contributed by atoms with Crippen molar-refractivity contribution in [3.05, 3.63) is 58.6 Å². The van der Waals surface area contributed by atoms with Crippen molar-refractivity contribution in [3.63, 3.8) is 0 Å². The minimum Gasteiger partial charge on any atom is -0.496 e. The van der Waals surface area contributed by atoms with Crippen LogP contribution in [0.4, 0.5) is 5.69 Å². The Labute approximate surface area is 150 Å². The minimum atomic E-state index is -0.636. The van der Waals surface area contributed by atoms with Crippen LogP contribution in [-0.4, -0.2) is 32.1 Å². The predicted molar refractivity (Wildman–Crippen MR) is 95.9 cm³/mol. The van der Waals surface area contributed by atoms with Crippen LogP contribution in [0, 0.1) is 0 Å². The highest BCUT2D eigenvalue weighted by Crippen LogP contribution is 2.20. The van der Waals surface area contributed by atoms with E-state index >= 15 is 0 Å². The van der Waals surface area contributed by atoms with Crippen LogP contribution in [0.3, 0.4) is 0 Å². The summed E-state index contributed by atoms with van der Waals surface area (Å²) < 4.78 is 10.2. The molecule has 7 heteroatoms. The molecule has 0 saturated carbocycles. The van der Waals surface area contributed by atoms with E-state index in [4.69, 9.17) is 26.8 Å². The Morgan fingerprint density at radius 1 is 1.20 bits per heavy atom. The Morgan fingerprint density at radius 3 is 2.68 bits per heavy atom. The maximum atomic E-state index is 11.9. The Morgan fingerprint density at radius 2 is 1.96 bits per heavy atom. The van der Waals surface area contributed by atoms with Gasteiger partial charge in [-0.05, 0) is 36.2 Å². The number of para-hydroxylation sites is 1. The highest BCUT2D eigenvalue weighted by Gasteiger charge is 2.11. The Bertz CT molecular complexity index is 764. The monoisotopic (exact) mass is 362 g/mol. The average molecular weight is 363 g/mol. The lowest BCUT2D eigenvalue weighted by molar-refractivity contribution is -0.124. The van der Waals surface area contributed by atoms with Gasteiger partial charge in [0.1, 0.15) is 5.75 Å². The number of rotatable bonds is 7. The van der Waals surface area contributed by atoms with Crippen LogP contribution >= 0.6 is 11.6 Å². The third-order valence-corrected chi connectivity index (χ3v) is 3.82. The molecule has 2 rings (SSSR count). The van der Waals surface area contributed by atoms with E-state index in [1.54, 1.807) is 7.11 Å². The van der Waals surface area contributed by atoms with E-state index in [0.717, 1.165) is 11.3 Å². The van der Waals surface area contributed by atoms with Gasteiger partial charge in [0.2, 0.25) is 0 Å². The fraction of sp³-hybridized carbons (Fsp3) is 0.222. The molecule has 0 aliphatic carbocycles. The third-order valence-electron chi connectivity index (χ3n) is 3.48. The lowest BCUT2D eigenvalue weighted by atomic mass is 10.1. The van der Waals surface area contributed by atoms with Crippen molar-refractivity contribution in [2.45, 2.75) is 6.42 Å². The maximum Gasteiger partial charge on any atom is 0.338 e. The van der Waals surface area contributed by atoms with Gasteiger partial charge in [-0.2, -0.15) is 0 Å². The van der Waals surface area contributed by atoms with Crippen molar-refractivity contribution in [2.24, 2.45) is 0 Å². The number of carbonyl (C=O) groups excluding carboxylic acids is 2. The fourth-order valence-corrected chi connectivity index (χ4v) is 2.30. The first kappa shape index (κ1) is 18.6. The van der Waals surface area contributed by atoms with Crippen LogP contribution in [0.5, 0.6) is 5.75 Å². The number of nitrogens with one attached hydrogen (secondary N) is 1. The number of ether oxygens (including phenoxy) is 2. The maximum absolute atomic E-state index is 11.9. The molecule has 0 bridgehead atoms. The summed E-state index contributed by atoms with van der Waals surface area (Å²) in [5.74, 6) is -0.253. The quantitative estimate of drug-likeness (QED) is 0.583. The lowest BCUT2D eigenvalue weighted by Crippen LogP contribution is -2.30. The lowest BCUT2D eigenvalue weighted by Gasteiger charge is -2.09. The van der Waals surface area contributed by atoms with Crippen molar-refractivity contribution in [3.8, 4) is 5.75 Å². The van der Waals surface area contributed by atoms with Crippen molar-refractivity contribution < 1.29 is 19.1 Å². The average Bonchev–Trinajstić information content (AvgIpc) is 2.62. The molecule has 0 heterocycles. The van der Waals surface area contributed by atoms with Gasteiger partial charge in [-0.3, -0.25) is 4.79 Å². The molecular formula is C18H19ClN2O4. The Hall–Kier alpha value is -2.73. The predicted octanol–water partition coefficient (Wildman–Crippen LogP) is 2.45. The largest absolute Gasteiger partial charge is 0.496 e. The summed E-state index contributed by atoms with van der Waals surface area (Å²) in [6, 6.07) is 12.0. The van der Waals surface area contributed by atoms with Crippen LogP contribution in [0.2, 0.25) is 5.02 Å². The number of nitrogen functional groups attached to an aromatic ring is 1. The highest BCUT2D eigenvalue weighted by atomic mass is 35.5. The molecule has 2 aromatic carbocycles. The first-order chi connectivity index (χ1) is 12.0. The zero-order valence-electron chi connectivity index (χ0n) is 13.8. The molecule has 0 fully saturated rings. The van der Waals surface area contributed by atoms with Crippen LogP contribution in [-0.2, 0) is 16.0 Å². The molecule has 2 aromatic rings. The smallest absolute Gasteiger partial charge is 0.338 e. The summed E-state index contributed by atoms with van der Waals surface area (Å²) in [7, 11) is 1.60. The van der Waals surface area contributed by atoms with Gasteiger partial charge in [0.05, 0.1) is 23.4 Å². The standard InChI is InChI=1S/C18H19ClN2O4/c1-24-16-5-3-2-4-12(16)8-9-21-17(22)11-25-18(23)13-6-7-14(19)15(20)10-13/h2-7,10H,8-9,11,20H2,1H3,(H,21,22). The fourth-order valence-electron chi connectivity index (χ4n) is 2.18. The second-order valence-electron chi connectivity index (χ2n) is 5.22. The molecule has 1 amide bonds.